The number of nitrogens with one attached hydrogen (secondary N) is 1. The van der Waals surface area contributed by atoms with Crippen molar-refractivity contribution < 1.29 is 14.6 Å². The first kappa shape index (κ1) is 22.0. The third kappa shape index (κ3) is 4.11. The van der Waals surface area contributed by atoms with Gasteiger partial charge in [0.15, 0.2) is 0 Å². The summed E-state index contributed by atoms with van der Waals surface area (Å²) in [6.45, 7) is 9.46. The molecule has 3 aromatic heterocycles. The minimum Gasteiger partial charge on any atom is -0.496 e. The van der Waals surface area contributed by atoms with Crippen LogP contribution in [0.2, 0.25) is 5.15 Å². The summed E-state index contributed by atoms with van der Waals surface area (Å²) < 4.78 is 7.34. The van der Waals surface area contributed by atoms with Gasteiger partial charge in [-0.25, -0.2) is 0 Å². The number of fused-ring (bicyclic) bond motifs is 1. The summed E-state index contributed by atoms with van der Waals surface area (Å²) in [5.74, 6) is 0.672. The van der Waals surface area contributed by atoms with Crippen molar-refractivity contribution in [3.05, 3.63) is 39.9 Å². The number of rotatable bonds is 5. The summed E-state index contributed by atoms with van der Waals surface area (Å²) in [4.78, 5) is 25.6. The van der Waals surface area contributed by atoms with E-state index < -0.39 is 5.41 Å². The number of nitrogens with zero attached hydrogens (tertiary/aromatic N) is 4. The second-order valence-electron chi connectivity index (χ2n) is 8.23. The molecule has 0 aromatic carbocycles. The third-order valence-corrected chi connectivity index (χ3v) is 5.17. The van der Waals surface area contributed by atoms with Crippen LogP contribution in [-0.4, -0.2) is 37.6 Å². The average Bonchev–Trinajstić information content (AvgIpc) is 3.02. The molecule has 0 spiro atoms. The topological polar surface area (TPSA) is 102 Å². The molecule has 8 nitrogen and oxygen atoms in total. The van der Waals surface area contributed by atoms with Crippen molar-refractivity contribution in [3.63, 3.8) is 0 Å². The van der Waals surface area contributed by atoms with E-state index in [1.54, 1.807) is 40.3 Å². The molecule has 0 atom stereocenters. The normalized spacial score (nSPS) is 11.7. The van der Waals surface area contributed by atoms with E-state index in [-0.39, 0.29) is 23.6 Å². The quantitative estimate of drug-likeness (QED) is 0.598. The van der Waals surface area contributed by atoms with Gasteiger partial charge in [0, 0.05) is 34.5 Å². The van der Waals surface area contributed by atoms with E-state index in [0.29, 0.717) is 23.1 Å². The number of amides is 1. The molecule has 0 aliphatic heterocycles. The van der Waals surface area contributed by atoms with Crippen molar-refractivity contribution in [2.24, 2.45) is 5.41 Å². The number of hydrogen-bond acceptors (Lipinski definition) is 6. The van der Waals surface area contributed by atoms with Gasteiger partial charge in [0.25, 0.3) is 0 Å². The number of aliphatic hydroxyl groups is 1. The number of aromatic nitrogens is 4. The summed E-state index contributed by atoms with van der Waals surface area (Å²) in [5.41, 5.74) is 3.16. The molecule has 3 aromatic rings. The van der Waals surface area contributed by atoms with Gasteiger partial charge in [-0.2, -0.15) is 9.97 Å². The van der Waals surface area contributed by atoms with Crippen molar-refractivity contribution in [3.8, 4) is 5.75 Å². The van der Waals surface area contributed by atoms with Crippen LogP contribution >= 0.6 is 11.6 Å². The molecule has 0 aliphatic carbocycles. The molecule has 0 fully saturated rings. The highest BCUT2D eigenvalue weighted by atomic mass is 35.5. The van der Waals surface area contributed by atoms with Gasteiger partial charge >= 0.3 is 0 Å². The van der Waals surface area contributed by atoms with Crippen LogP contribution < -0.4 is 10.1 Å². The van der Waals surface area contributed by atoms with E-state index in [1.165, 1.54) is 0 Å². The number of carbonyl (C=O) groups excluding carboxylic acids is 1. The molecule has 30 heavy (non-hydrogen) atoms. The Balaban J connectivity index is 2.10. The molecule has 0 bridgehead atoms. The number of pyridine rings is 1. The van der Waals surface area contributed by atoms with Crippen molar-refractivity contribution in [2.75, 3.05) is 12.4 Å². The minimum absolute atomic E-state index is 0.113. The number of methoxy groups -OCH3 is 1. The number of ether oxygens (including phenoxy) is 1. The lowest BCUT2D eigenvalue weighted by Crippen LogP contribution is -2.28. The fraction of sp³-hybridized carbons (Fsp3) is 0.429. The number of carbonyl (C=O) groups is 1. The molecular weight excluding hydrogens is 406 g/mol. The Bertz CT molecular complexity index is 1120. The minimum atomic E-state index is -0.609. The smallest absolute Gasteiger partial charge is 0.232 e. The molecule has 1 amide bonds. The zero-order valence-electron chi connectivity index (χ0n) is 18.0. The van der Waals surface area contributed by atoms with E-state index in [2.05, 4.69) is 20.3 Å². The Morgan fingerprint density at radius 3 is 2.60 bits per heavy atom. The molecule has 0 saturated heterocycles. The lowest BCUT2D eigenvalue weighted by molar-refractivity contribution is -0.123. The zero-order valence-corrected chi connectivity index (χ0v) is 18.8. The predicted octanol–water partition coefficient (Wildman–Crippen LogP) is 3.63. The molecule has 3 rings (SSSR count). The molecule has 0 aliphatic rings. The van der Waals surface area contributed by atoms with E-state index in [9.17, 15) is 9.90 Å². The van der Waals surface area contributed by atoms with Gasteiger partial charge in [-0.15, -0.1) is 0 Å². The lowest BCUT2D eigenvalue weighted by Gasteiger charge is -2.17. The predicted molar refractivity (Wildman–Crippen MR) is 116 cm³/mol. The summed E-state index contributed by atoms with van der Waals surface area (Å²) >= 11 is 6.40. The first-order valence-electron chi connectivity index (χ1n) is 9.53. The highest BCUT2D eigenvalue weighted by Crippen LogP contribution is 2.30. The van der Waals surface area contributed by atoms with E-state index in [0.717, 1.165) is 22.6 Å². The summed E-state index contributed by atoms with van der Waals surface area (Å²) in [5, 5.41) is 13.2. The van der Waals surface area contributed by atoms with Crippen LogP contribution in [0.4, 0.5) is 5.95 Å². The Labute approximate surface area is 180 Å². The highest BCUT2D eigenvalue weighted by molar-refractivity contribution is 6.34. The monoisotopic (exact) mass is 431 g/mol. The van der Waals surface area contributed by atoms with Crippen molar-refractivity contribution >= 4 is 34.5 Å². The molecule has 2 N–H and O–H groups in total. The number of aryl methyl sites for hydroxylation is 1. The molecule has 0 radical (unpaired) electrons. The molecule has 0 saturated carbocycles. The summed E-state index contributed by atoms with van der Waals surface area (Å²) in [6, 6.07) is 0. The number of halogens is 1. The van der Waals surface area contributed by atoms with Gasteiger partial charge in [-0.3, -0.25) is 15.1 Å². The summed E-state index contributed by atoms with van der Waals surface area (Å²) in [6.07, 6.45) is 3.53. The van der Waals surface area contributed by atoms with Crippen LogP contribution in [0, 0.1) is 19.3 Å². The maximum atomic E-state index is 12.4. The van der Waals surface area contributed by atoms with E-state index >= 15 is 0 Å². The van der Waals surface area contributed by atoms with Crippen molar-refractivity contribution in [2.45, 2.75) is 47.8 Å². The van der Waals surface area contributed by atoms with Crippen LogP contribution in [0.1, 0.15) is 43.2 Å². The first-order valence-corrected chi connectivity index (χ1v) is 9.91. The standard InChI is InChI=1S/C21H26ClN5O3/c1-11-7-23-14(12(2)16(11)30-6)9-27-8-13(10-28)15-17(22)24-20(25-18(15)27)26-19(29)21(3,4)5/h7-8,28H,9-10H2,1-6H3,(H,24,25,26,29). The van der Waals surface area contributed by atoms with Gasteiger partial charge in [0.1, 0.15) is 16.5 Å². The molecule has 160 valence electrons. The first-order chi connectivity index (χ1) is 14.1. The second kappa shape index (κ2) is 8.20. The van der Waals surface area contributed by atoms with Crippen molar-refractivity contribution in [1.29, 1.82) is 0 Å². The number of hydrogen-bond donors (Lipinski definition) is 2. The fourth-order valence-corrected chi connectivity index (χ4v) is 3.48. The van der Waals surface area contributed by atoms with Crippen molar-refractivity contribution in [1.82, 2.24) is 19.5 Å². The Morgan fingerprint density at radius 1 is 1.30 bits per heavy atom. The molecule has 9 heteroatoms. The van der Waals surface area contributed by atoms with E-state index in [4.69, 9.17) is 16.3 Å². The SMILES string of the molecule is COc1c(C)cnc(Cn2cc(CO)c3c(Cl)nc(NC(=O)C(C)(C)C)nc32)c1C. The number of anilines is 1. The molecular formula is C21H26ClN5O3. The van der Waals surface area contributed by atoms with Crippen LogP contribution in [-0.2, 0) is 17.9 Å². The van der Waals surface area contributed by atoms with Gasteiger partial charge in [0.05, 0.1) is 31.3 Å². The highest BCUT2D eigenvalue weighted by Gasteiger charge is 2.24. The van der Waals surface area contributed by atoms with Gasteiger partial charge in [0.2, 0.25) is 11.9 Å². The van der Waals surface area contributed by atoms with Crippen LogP contribution in [0.5, 0.6) is 5.75 Å². The van der Waals surface area contributed by atoms with Crippen LogP contribution in [0.15, 0.2) is 12.4 Å². The van der Waals surface area contributed by atoms with Crippen LogP contribution in [0.3, 0.4) is 0 Å². The second-order valence-corrected chi connectivity index (χ2v) is 8.59. The van der Waals surface area contributed by atoms with Gasteiger partial charge < -0.3 is 14.4 Å². The Kier molecular flexibility index (Phi) is 6.01. The Morgan fingerprint density at radius 2 is 2.00 bits per heavy atom. The largest absolute Gasteiger partial charge is 0.496 e. The number of aliphatic hydroxyl groups excluding tert-OH is 1. The maximum absolute atomic E-state index is 12.4. The lowest BCUT2D eigenvalue weighted by atomic mass is 9.96. The fourth-order valence-electron chi connectivity index (χ4n) is 3.20. The van der Waals surface area contributed by atoms with E-state index in [1.807, 2.05) is 18.4 Å². The molecule has 0 unspecified atom stereocenters. The van der Waals surface area contributed by atoms with Gasteiger partial charge in [-0.1, -0.05) is 32.4 Å². The van der Waals surface area contributed by atoms with Crippen LogP contribution in [0.25, 0.3) is 11.0 Å². The summed E-state index contributed by atoms with van der Waals surface area (Å²) in [7, 11) is 1.63. The zero-order chi connectivity index (χ0) is 22.2. The molecule has 3 heterocycles. The third-order valence-electron chi connectivity index (χ3n) is 4.90. The maximum Gasteiger partial charge on any atom is 0.232 e. The average molecular weight is 432 g/mol. The van der Waals surface area contributed by atoms with Gasteiger partial charge in [-0.05, 0) is 13.8 Å². The Hall–Kier alpha value is -2.71.